The van der Waals surface area contributed by atoms with E-state index in [1.165, 1.54) is 37.5 Å². The van der Waals surface area contributed by atoms with Crippen LogP contribution < -0.4 is 5.32 Å². The zero-order chi connectivity index (χ0) is 15.8. The molecule has 0 aromatic carbocycles. The van der Waals surface area contributed by atoms with Crippen LogP contribution in [-0.4, -0.2) is 24.9 Å². The van der Waals surface area contributed by atoms with Crippen molar-refractivity contribution in [2.75, 3.05) is 18.5 Å². The molecular formula is C16H25NO3S. The monoisotopic (exact) mass is 311 g/mol. The Bertz CT molecular complexity index is 494. The summed E-state index contributed by atoms with van der Waals surface area (Å²) in [6.07, 6.45) is 4.64. The molecule has 0 saturated carbocycles. The number of carbonyl (C=O) groups excluding carboxylic acids is 2. The maximum absolute atomic E-state index is 12.1. The second-order valence-electron chi connectivity index (χ2n) is 5.02. The minimum absolute atomic E-state index is 0.0120. The fourth-order valence-electron chi connectivity index (χ4n) is 2.18. The van der Waals surface area contributed by atoms with E-state index in [1.54, 1.807) is 6.92 Å². The summed E-state index contributed by atoms with van der Waals surface area (Å²) in [5.41, 5.74) is 1.24. The molecule has 1 rings (SSSR count). The molecule has 1 aromatic heterocycles. The van der Waals surface area contributed by atoms with E-state index in [0.29, 0.717) is 17.0 Å². The lowest BCUT2D eigenvalue weighted by molar-refractivity contribution is 0.0527. The number of anilines is 1. The van der Waals surface area contributed by atoms with E-state index in [2.05, 4.69) is 12.2 Å². The Kier molecular flexibility index (Phi) is 7.43. The number of ether oxygens (including phenoxy) is 1. The van der Waals surface area contributed by atoms with Gasteiger partial charge in [0.15, 0.2) is 5.78 Å². The summed E-state index contributed by atoms with van der Waals surface area (Å²) in [7, 11) is 0. The van der Waals surface area contributed by atoms with Crippen molar-refractivity contribution in [3.63, 3.8) is 0 Å². The van der Waals surface area contributed by atoms with Crippen molar-refractivity contribution in [3.8, 4) is 0 Å². The van der Waals surface area contributed by atoms with E-state index >= 15 is 0 Å². The van der Waals surface area contributed by atoms with Gasteiger partial charge in [0.05, 0.1) is 17.0 Å². The Morgan fingerprint density at radius 3 is 2.48 bits per heavy atom. The Morgan fingerprint density at radius 2 is 1.90 bits per heavy atom. The van der Waals surface area contributed by atoms with Crippen LogP contribution in [0.3, 0.4) is 0 Å². The van der Waals surface area contributed by atoms with Crippen molar-refractivity contribution in [2.24, 2.45) is 0 Å². The molecule has 0 aliphatic carbocycles. The maximum atomic E-state index is 12.1. The molecule has 21 heavy (non-hydrogen) atoms. The number of unbranched alkanes of at least 4 members (excludes halogenated alkanes) is 3. The van der Waals surface area contributed by atoms with Crippen molar-refractivity contribution >= 4 is 28.1 Å². The predicted molar refractivity (Wildman–Crippen MR) is 87.6 cm³/mol. The standard InChI is InChI=1S/C16H25NO3S/c1-5-7-8-9-10-17-15-13(16(19)20-6-2)11(3)14(21-15)12(4)18/h17H,5-10H2,1-4H3. The molecule has 0 spiro atoms. The van der Waals surface area contributed by atoms with Crippen molar-refractivity contribution in [2.45, 2.75) is 53.4 Å². The van der Waals surface area contributed by atoms with Gasteiger partial charge in [0, 0.05) is 6.54 Å². The quantitative estimate of drug-likeness (QED) is 0.416. The van der Waals surface area contributed by atoms with E-state index in [-0.39, 0.29) is 11.8 Å². The molecule has 0 fully saturated rings. The molecule has 5 heteroatoms. The van der Waals surface area contributed by atoms with Crippen LogP contribution in [0.15, 0.2) is 0 Å². The van der Waals surface area contributed by atoms with Crippen molar-refractivity contribution in [1.82, 2.24) is 0 Å². The molecule has 0 amide bonds. The van der Waals surface area contributed by atoms with Crippen LogP contribution in [0.2, 0.25) is 0 Å². The highest BCUT2D eigenvalue weighted by molar-refractivity contribution is 7.18. The summed E-state index contributed by atoms with van der Waals surface area (Å²) < 4.78 is 5.10. The number of thiophene rings is 1. The van der Waals surface area contributed by atoms with Gasteiger partial charge in [-0.05, 0) is 32.8 Å². The normalized spacial score (nSPS) is 10.5. The van der Waals surface area contributed by atoms with Gasteiger partial charge in [-0.15, -0.1) is 11.3 Å². The average Bonchev–Trinajstić information content (AvgIpc) is 2.76. The molecule has 1 aromatic rings. The first-order valence-electron chi connectivity index (χ1n) is 7.58. The molecule has 0 unspecified atom stereocenters. The molecule has 0 bridgehead atoms. The number of hydrogen-bond donors (Lipinski definition) is 1. The minimum atomic E-state index is -0.352. The molecule has 0 radical (unpaired) electrons. The lowest BCUT2D eigenvalue weighted by atomic mass is 10.1. The first-order valence-corrected chi connectivity index (χ1v) is 8.39. The Hall–Kier alpha value is -1.36. The van der Waals surface area contributed by atoms with Crippen LogP contribution in [0, 0.1) is 6.92 Å². The smallest absolute Gasteiger partial charge is 0.341 e. The molecular weight excluding hydrogens is 286 g/mol. The van der Waals surface area contributed by atoms with Gasteiger partial charge >= 0.3 is 5.97 Å². The van der Waals surface area contributed by atoms with Crippen LogP contribution in [0.5, 0.6) is 0 Å². The largest absolute Gasteiger partial charge is 0.462 e. The first-order chi connectivity index (χ1) is 10.0. The SMILES string of the molecule is CCCCCCNc1sc(C(C)=O)c(C)c1C(=O)OCC. The van der Waals surface area contributed by atoms with Gasteiger partial charge in [-0.3, -0.25) is 4.79 Å². The predicted octanol–water partition coefficient (Wildman–Crippen LogP) is 4.43. The number of Topliss-reactive ketones (excluding diaryl/α,β-unsaturated/α-hetero) is 1. The van der Waals surface area contributed by atoms with Crippen LogP contribution in [-0.2, 0) is 4.74 Å². The highest BCUT2D eigenvalue weighted by Gasteiger charge is 2.23. The third-order valence-electron chi connectivity index (χ3n) is 3.26. The van der Waals surface area contributed by atoms with Gasteiger partial charge < -0.3 is 10.1 Å². The summed E-state index contributed by atoms with van der Waals surface area (Å²) in [4.78, 5) is 24.4. The molecule has 1 heterocycles. The molecule has 0 aliphatic rings. The number of hydrogen-bond acceptors (Lipinski definition) is 5. The molecule has 0 aliphatic heterocycles. The summed E-state index contributed by atoms with van der Waals surface area (Å²) >= 11 is 1.35. The average molecular weight is 311 g/mol. The van der Waals surface area contributed by atoms with E-state index in [1.807, 2.05) is 6.92 Å². The maximum Gasteiger partial charge on any atom is 0.341 e. The van der Waals surface area contributed by atoms with Gasteiger partial charge in [-0.2, -0.15) is 0 Å². The third-order valence-corrected chi connectivity index (χ3v) is 4.61. The fraction of sp³-hybridized carbons (Fsp3) is 0.625. The van der Waals surface area contributed by atoms with Crippen LogP contribution in [0.4, 0.5) is 5.00 Å². The topological polar surface area (TPSA) is 55.4 Å². The first kappa shape index (κ1) is 17.7. The highest BCUT2D eigenvalue weighted by atomic mass is 32.1. The van der Waals surface area contributed by atoms with Crippen LogP contribution >= 0.6 is 11.3 Å². The Balaban J connectivity index is 2.87. The van der Waals surface area contributed by atoms with Gasteiger partial charge in [-0.25, -0.2) is 4.79 Å². The number of carbonyl (C=O) groups is 2. The van der Waals surface area contributed by atoms with Gasteiger partial charge in [0.1, 0.15) is 5.00 Å². The molecule has 118 valence electrons. The van der Waals surface area contributed by atoms with Crippen molar-refractivity contribution < 1.29 is 14.3 Å². The molecule has 4 nitrogen and oxygen atoms in total. The minimum Gasteiger partial charge on any atom is -0.462 e. The molecule has 1 N–H and O–H groups in total. The highest BCUT2D eigenvalue weighted by Crippen LogP contribution is 2.34. The summed E-state index contributed by atoms with van der Waals surface area (Å²) in [5, 5.41) is 4.05. The van der Waals surface area contributed by atoms with E-state index in [4.69, 9.17) is 4.74 Å². The lowest BCUT2D eigenvalue weighted by Crippen LogP contribution is -2.10. The zero-order valence-electron chi connectivity index (χ0n) is 13.4. The Morgan fingerprint density at radius 1 is 1.19 bits per heavy atom. The third kappa shape index (κ3) is 4.84. The Labute approximate surface area is 130 Å². The summed E-state index contributed by atoms with van der Waals surface area (Å²) in [6, 6.07) is 0. The van der Waals surface area contributed by atoms with E-state index < -0.39 is 0 Å². The van der Waals surface area contributed by atoms with Crippen LogP contribution in [0.25, 0.3) is 0 Å². The number of esters is 1. The number of nitrogens with one attached hydrogen (secondary N) is 1. The van der Waals surface area contributed by atoms with Gasteiger partial charge in [0.25, 0.3) is 0 Å². The van der Waals surface area contributed by atoms with E-state index in [0.717, 1.165) is 23.5 Å². The summed E-state index contributed by atoms with van der Waals surface area (Å²) in [5.74, 6) is -0.364. The number of ketones is 1. The second-order valence-corrected chi connectivity index (χ2v) is 6.05. The second kappa shape index (κ2) is 8.82. The van der Waals surface area contributed by atoms with Gasteiger partial charge in [0.2, 0.25) is 0 Å². The fourth-order valence-corrected chi connectivity index (χ4v) is 3.29. The van der Waals surface area contributed by atoms with Gasteiger partial charge in [-0.1, -0.05) is 26.2 Å². The van der Waals surface area contributed by atoms with E-state index in [9.17, 15) is 9.59 Å². The van der Waals surface area contributed by atoms with Crippen molar-refractivity contribution in [3.05, 3.63) is 16.0 Å². The van der Waals surface area contributed by atoms with Crippen LogP contribution in [0.1, 0.15) is 72.0 Å². The lowest BCUT2D eigenvalue weighted by Gasteiger charge is -2.07. The molecule has 0 saturated heterocycles. The number of rotatable bonds is 9. The summed E-state index contributed by atoms with van der Waals surface area (Å²) in [6.45, 7) is 8.43. The van der Waals surface area contributed by atoms with Crippen molar-refractivity contribution in [1.29, 1.82) is 0 Å². The zero-order valence-corrected chi connectivity index (χ0v) is 14.2. The molecule has 0 atom stereocenters.